The van der Waals surface area contributed by atoms with Crippen molar-refractivity contribution in [2.45, 2.75) is 19.8 Å². The maximum Gasteiger partial charge on any atom is 0.311 e. The molecular formula is C28H20ClNO5. The lowest BCUT2D eigenvalue weighted by Gasteiger charge is -2.07. The van der Waals surface area contributed by atoms with Gasteiger partial charge in [-0.2, -0.15) is 0 Å². The molecule has 0 unspecified atom stereocenters. The van der Waals surface area contributed by atoms with Gasteiger partial charge in [0.15, 0.2) is 10.9 Å². The van der Waals surface area contributed by atoms with Gasteiger partial charge < -0.3 is 14.0 Å². The van der Waals surface area contributed by atoms with Crippen LogP contribution in [0.1, 0.15) is 33.7 Å². The van der Waals surface area contributed by atoms with Crippen molar-refractivity contribution in [3.05, 3.63) is 106 Å². The molecule has 0 atom stereocenters. The number of fused-ring (bicyclic) bond motifs is 1. The quantitative estimate of drug-likeness (QED) is 0.177. The first-order valence-corrected chi connectivity index (χ1v) is 11.4. The van der Waals surface area contributed by atoms with Gasteiger partial charge in [0, 0.05) is 18.6 Å². The van der Waals surface area contributed by atoms with Crippen molar-refractivity contribution in [1.29, 1.82) is 0 Å². The predicted octanol–water partition coefficient (Wildman–Crippen LogP) is 6.46. The molecule has 0 saturated carbocycles. The highest BCUT2D eigenvalue weighted by molar-refractivity contribution is 6.29. The van der Waals surface area contributed by atoms with Crippen molar-refractivity contribution in [2.24, 2.45) is 0 Å². The molecule has 4 aromatic rings. The minimum Gasteiger partial charge on any atom is -0.452 e. The lowest BCUT2D eigenvalue weighted by atomic mass is 10.0. The van der Waals surface area contributed by atoms with E-state index < -0.39 is 5.97 Å². The maximum atomic E-state index is 13.0. The number of halogens is 1. The summed E-state index contributed by atoms with van der Waals surface area (Å²) in [6.45, 7) is 1.78. The van der Waals surface area contributed by atoms with Crippen LogP contribution in [0.4, 0.5) is 0 Å². The van der Waals surface area contributed by atoms with Gasteiger partial charge in [-0.25, -0.2) is 0 Å². The molecule has 1 aromatic heterocycles. The van der Waals surface area contributed by atoms with Crippen LogP contribution in [0.15, 0.2) is 83.1 Å². The molecule has 7 heteroatoms. The molecule has 0 spiro atoms. The number of rotatable bonds is 6. The van der Waals surface area contributed by atoms with Crippen LogP contribution in [0.5, 0.6) is 11.5 Å². The third-order valence-corrected chi connectivity index (χ3v) is 5.77. The van der Waals surface area contributed by atoms with Gasteiger partial charge in [0.1, 0.15) is 17.3 Å². The number of esters is 1. The smallest absolute Gasteiger partial charge is 0.311 e. The van der Waals surface area contributed by atoms with E-state index in [2.05, 4.69) is 5.16 Å². The van der Waals surface area contributed by atoms with Crippen LogP contribution in [-0.2, 0) is 11.2 Å². The van der Waals surface area contributed by atoms with Gasteiger partial charge in [-0.15, -0.1) is 0 Å². The fourth-order valence-electron chi connectivity index (χ4n) is 3.90. The Kier molecular flexibility index (Phi) is 6.21. The van der Waals surface area contributed by atoms with Crippen LogP contribution < -0.4 is 9.47 Å². The van der Waals surface area contributed by atoms with Gasteiger partial charge in [0.2, 0.25) is 5.78 Å². The van der Waals surface area contributed by atoms with E-state index in [0.717, 1.165) is 16.7 Å². The molecular weight excluding hydrogens is 466 g/mol. The predicted molar refractivity (Wildman–Crippen MR) is 131 cm³/mol. The van der Waals surface area contributed by atoms with Gasteiger partial charge >= 0.3 is 5.97 Å². The lowest BCUT2D eigenvalue weighted by Crippen LogP contribution is -2.09. The average molecular weight is 486 g/mol. The second-order valence-electron chi connectivity index (χ2n) is 8.13. The molecule has 5 rings (SSSR count). The summed E-state index contributed by atoms with van der Waals surface area (Å²) in [5.74, 6) is 0.745. The van der Waals surface area contributed by atoms with E-state index in [0.29, 0.717) is 34.8 Å². The number of hydrogen-bond acceptors (Lipinski definition) is 6. The zero-order chi connectivity index (χ0) is 24.4. The Balaban J connectivity index is 1.29. The zero-order valence-electron chi connectivity index (χ0n) is 18.8. The minimum absolute atomic E-state index is 0.0889. The lowest BCUT2D eigenvalue weighted by molar-refractivity contribution is -0.134. The number of nitrogens with zero attached hydrogens (tertiary/aromatic N) is 1. The number of aryl methyl sites for hydroxylation is 2. The number of hydrogen-bond donors (Lipinski definition) is 0. The summed E-state index contributed by atoms with van der Waals surface area (Å²) in [4.78, 5) is 25.2. The maximum absolute atomic E-state index is 13.0. The number of allylic oxidation sites excluding steroid dienone is 1. The van der Waals surface area contributed by atoms with Gasteiger partial charge in [-0.05, 0) is 41.3 Å². The number of benzene rings is 3. The summed E-state index contributed by atoms with van der Waals surface area (Å²) in [7, 11) is 0. The van der Waals surface area contributed by atoms with Crippen LogP contribution in [-0.4, -0.2) is 16.9 Å². The fourth-order valence-corrected chi connectivity index (χ4v) is 4.06. The second kappa shape index (κ2) is 9.60. The number of ketones is 1. The molecule has 2 heterocycles. The van der Waals surface area contributed by atoms with Crippen molar-refractivity contribution in [2.75, 3.05) is 0 Å². The third-order valence-electron chi connectivity index (χ3n) is 5.60. The molecule has 1 aliphatic rings. The monoisotopic (exact) mass is 485 g/mol. The SMILES string of the molecule is Cc1cc(OC(=O)CCc2cc(Cl)no2)cc2c1C(=O)/C(=C/c1ccc(-c3ccccc3)cc1)O2. The van der Waals surface area contributed by atoms with Crippen LogP contribution in [0.3, 0.4) is 0 Å². The number of ether oxygens (including phenoxy) is 2. The highest BCUT2D eigenvalue weighted by Crippen LogP contribution is 2.37. The summed E-state index contributed by atoms with van der Waals surface area (Å²) < 4.78 is 16.3. The molecule has 0 bridgehead atoms. The zero-order valence-corrected chi connectivity index (χ0v) is 19.5. The first-order chi connectivity index (χ1) is 17.0. The van der Waals surface area contributed by atoms with E-state index in [9.17, 15) is 9.59 Å². The third kappa shape index (κ3) is 5.03. The van der Waals surface area contributed by atoms with E-state index in [1.807, 2.05) is 54.6 Å². The molecule has 174 valence electrons. The summed E-state index contributed by atoms with van der Waals surface area (Å²) in [5.41, 5.74) is 4.18. The van der Waals surface area contributed by atoms with E-state index in [1.54, 1.807) is 31.2 Å². The average Bonchev–Trinajstić information content (AvgIpc) is 3.41. The molecule has 3 aromatic carbocycles. The van der Waals surface area contributed by atoms with Crippen LogP contribution in [0, 0.1) is 6.92 Å². The fraction of sp³-hybridized carbons (Fsp3) is 0.107. The highest BCUT2D eigenvalue weighted by atomic mass is 35.5. The Morgan fingerprint density at radius 3 is 2.49 bits per heavy atom. The van der Waals surface area contributed by atoms with Gasteiger partial charge in [0.05, 0.1) is 12.0 Å². The Hall–Kier alpha value is -4.16. The largest absolute Gasteiger partial charge is 0.452 e. The second-order valence-corrected chi connectivity index (χ2v) is 8.52. The van der Waals surface area contributed by atoms with Gasteiger partial charge in [-0.3, -0.25) is 9.59 Å². The van der Waals surface area contributed by atoms with Crippen LogP contribution >= 0.6 is 11.6 Å². The summed E-state index contributed by atoms with van der Waals surface area (Å²) in [6.07, 6.45) is 2.11. The molecule has 1 aliphatic heterocycles. The number of Topliss-reactive ketones (excluding diaryl/α,β-unsaturated/α-hetero) is 1. The topological polar surface area (TPSA) is 78.6 Å². The van der Waals surface area contributed by atoms with Crippen molar-refractivity contribution in [3.8, 4) is 22.6 Å². The molecule has 0 saturated heterocycles. The number of aromatic nitrogens is 1. The van der Waals surface area contributed by atoms with Crippen LogP contribution in [0.2, 0.25) is 5.15 Å². The Morgan fingerprint density at radius 1 is 1.03 bits per heavy atom. The van der Waals surface area contributed by atoms with Crippen molar-refractivity contribution in [1.82, 2.24) is 5.16 Å². The summed E-state index contributed by atoms with van der Waals surface area (Å²) in [5, 5.41) is 3.81. The molecule has 35 heavy (non-hydrogen) atoms. The van der Waals surface area contributed by atoms with Gasteiger partial charge in [-0.1, -0.05) is 71.4 Å². The minimum atomic E-state index is -0.449. The Morgan fingerprint density at radius 2 is 1.77 bits per heavy atom. The van der Waals surface area contributed by atoms with Gasteiger partial charge in [0.25, 0.3) is 0 Å². The van der Waals surface area contributed by atoms with Crippen molar-refractivity contribution < 1.29 is 23.6 Å². The Bertz CT molecular complexity index is 1440. The molecule has 0 aliphatic carbocycles. The van der Waals surface area contributed by atoms with Crippen molar-refractivity contribution in [3.63, 3.8) is 0 Å². The van der Waals surface area contributed by atoms with Crippen molar-refractivity contribution >= 4 is 29.4 Å². The van der Waals surface area contributed by atoms with E-state index in [1.165, 1.54) is 0 Å². The molecule has 6 nitrogen and oxygen atoms in total. The summed E-state index contributed by atoms with van der Waals surface area (Å²) >= 11 is 5.72. The highest BCUT2D eigenvalue weighted by Gasteiger charge is 2.30. The van der Waals surface area contributed by atoms with E-state index >= 15 is 0 Å². The molecule has 0 amide bonds. The van der Waals surface area contributed by atoms with E-state index in [-0.39, 0.29) is 23.1 Å². The number of carbonyl (C=O) groups is 2. The molecule has 0 radical (unpaired) electrons. The molecule has 0 N–H and O–H groups in total. The molecule has 0 fully saturated rings. The first kappa shape index (κ1) is 22.6. The standard InChI is InChI=1S/C28H20ClNO5/c1-17-13-22(33-26(31)12-11-21-16-25(29)30-35-21)15-23-27(17)28(32)24(34-23)14-18-7-9-20(10-8-18)19-5-3-2-4-6-19/h2-10,13-16H,11-12H2,1H3/b24-14-. The van der Waals surface area contributed by atoms with E-state index in [4.69, 9.17) is 25.6 Å². The number of carbonyl (C=O) groups excluding carboxylic acids is 2. The normalized spacial score (nSPS) is 13.5. The Labute approximate surface area is 206 Å². The first-order valence-electron chi connectivity index (χ1n) is 11.0. The summed E-state index contributed by atoms with van der Waals surface area (Å²) in [6, 6.07) is 22.7. The van der Waals surface area contributed by atoms with Crippen LogP contribution in [0.25, 0.3) is 17.2 Å².